The lowest BCUT2D eigenvalue weighted by Gasteiger charge is -2.43. The summed E-state index contributed by atoms with van der Waals surface area (Å²) in [5, 5.41) is 0. The molecule has 0 radical (unpaired) electrons. The Morgan fingerprint density at radius 2 is 1.85 bits per heavy atom. The van der Waals surface area contributed by atoms with E-state index in [1.807, 2.05) is 0 Å². The average Bonchev–Trinajstić information content (AvgIpc) is 3.10. The zero-order valence-corrected chi connectivity index (χ0v) is 16.8. The number of hydrogen-bond donors (Lipinski definition) is 0. The van der Waals surface area contributed by atoms with Gasteiger partial charge in [-0.15, -0.1) is 0 Å². The fourth-order valence-corrected chi connectivity index (χ4v) is 5.89. The zero-order valence-electron chi connectivity index (χ0n) is 16.8. The minimum Gasteiger partial charge on any atom is -0.498 e. The molecule has 1 aromatic rings. The van der Waals surface area contributed by atoms with E-state index in [1.54, 1.807) is 0 Å². The van der Waals surface area contributed by atoms with Gasteiger partial charge in [0.15, 0.2) is 0 Å². The monoisotopic (exact) mass is 351 g/mol. The second-order valence-electron chi connectivity index (χ2n) is 8.51. The van der Waals surface area contributed by atoms with Crippen LogP contribution >= 0.6 is 0 Å². The van der Waals surface area contributed by atoms with Gasteiger partial charge in [0, 0.05) is 5.92 Å². The Bertz CT molecular complexity index is 729. The maximum atomic E-state index is 6.20. The molecule has 0 spiro atoms. The second-order valence-corrected chi connectivity index (χ2v) is 8.51. The van der Waals surface area contributed by atoms with Crippen LogP contribution in [-0.2, 0) is 11.2 Å². The molecule has 0 unspecified atom stereocenters. The first-order valence-electron chi connectivity index (χ1n) is 10.4. The van der Waals surface area contributed by atoms with Gasteiger partial charge >= 0.3 is 0 Å². The first-order valence-corrected chi connectivity index (χ1v) is 10.4. The number of nitrogens with zero attached hydrogens (tertiary/aromatic N) is 1. The number of likely N-dealkylation sites (N-methyl/N-ethyl adjacent to an activating group) is 1. The minimum absolute atomic E-state index is 0.0167. The van der Waals surface area contributed by atoms with Gasteiger partial charge in [-0.2, -0.15) is 0 Å². The van der Waals surface area contributed by atoms with Crippen molar-refractivity contribution < 1.29 is 4.74 Å². The fourth-order valence-electron chi connectivity index (χ4n) is 5.89. The van der Waals surface area contributed by atoms with Gasteiger partial charge in [0.2, 0.25) is 0 Å². The van der Waals surface area contributed by atoms with Crippen LogP contribution in [0.4, 0.5) is 0 Å². The van der Waals surface area contributed by atoms with Crippen molar-refractivity contribution in [3.8, 4) is 0 Å². The van der Waals surface area contributed by atoms with E-state index < -0.39 is 0 Å². The summed E-state index contributed by atoms with van der Waals surface area (Å²) < 4.78 is 6.20. The van der Waals surface area contributed by atoms with E-state index in [0.29, 0.717) is 5.92 Å². The first-order chi connectivity index (χ1) is 12.6. The van der Waals surface area contributed by atoms with Crippen LogP contribution in [0, 0.1) is 11.3 Å². The molecule has 3 aliphatic rings. The largest absolute Gasteiger partial charge is 0.498 e. The molecule has 0 heterocycles. The van der Waals surface area contributed by atoms with Gasteiger partial charge in [-0.25, -0.2) is 0 Å². The van der Waals surface area contributed by atoms with Crippen LogP contribution in [0.5, 0.6) is 0 Å². The molecular weight excluding hydrogens is 318 g/mol. The van der Waals surface area contributed by atoms with E-state index in [0.717, 1.165) is 6.61 Å². The van der Waals surface area contributed by atoms with E-state index in [-0.39, 0.29) is 11.0 Å². The van der Waals surface area contributed by atoms with Gasteiger partial charge in [-0.1, -0.05) is 56.5 Å². The summed E-state index contributed by atoms with van der Waals surface area (Å²) in [7, 11) is 4.49. The Balaban J connectivity index is 1.80. The van der Waals surface area contributed by atoms with Gasteiger partial charge in [0.25, 0.3) is 0 Å². The van der Waals surface area contributed by atoms with Crippen LogP contribution in [0.1, 0.15) is 57.1 Å². The molecular formula is C24H33NO. The summed E-state index contributed by atoms with van der Waals surface area (Å²) in [5.41, 5.74) is 4.44. The topological polar surface area (TPSA) is 12.5 Å². The van der Waals surface area contributed by atoms with E-state index in [1.165, 1.54) is 61.0 Å². The molecule has 0 aromatic heterocycles. The summed E-state index contributed by atoms with van der Waals surface area (Å²) in [4.78, 5) is 2.45. The number of ether oxygens (including phenoxy) is 1. The number of aryl methyl sites for hydroxylation is 1. The molecule has 26 heavy (non-hydrogen) atoms. The Morgan fingerprint density at radius 3 is 2.50 bits per heavy atom. The first kappa shape index (κ1) is 17.9. The summed E-state index contributed by atoms with van der Waals surface area (Å²) in [6, 6.07) is 9.34. The van der Waals surface area contributed by atoms with Crippen LogP contribution < -0.4 is 0 Å². The van der Waals surface area contributed by atoms with E-state index in [9.17, 15) is 0 Å². The number of hydrogen-bond acceptors (Lipinski definition) is 2. The third-order valence-electron chi connectivity index (χ3n) is 6.97. The molecule has 0 saturated heterocycles. The van der Waals surface area contributed by atoms with E-state index in [2.05, 4.69) is 69.3 Å². The molecule has 1 fully saturated rings. The van der Waals surface area contributed by atoms with Crippen LogP contribution in [-0.4, -0.2) is 31.1 Å². The van der Waals surface area contributed by atoms with Crippen molar-refractivity contribution in [1.29, 1.82) is 0 Å². The lowest BCUT2D eigenvalue weighted by Crippen LogP contribution is -2.48. The quantitative estimate of drug-likeness (QED) is 0.676. The van der Waals surface area contributed by atoms with Crippen molar-refractivity contribution in [2.75, 3.05) is 20.7 Å². The Morgan fingerprint density at radius 1 is 1.08 bits per heavy atom. The minimum atomic E-state index is -0.0167. The summed E-state index contributed by atoms with van der Waals surface area (Å²) >= 11 is 0. The molecule has 0 N–H and O–H groups in total. The molecule has 2 bridgehead atoms. The van der Waals surface area contributed by atoms with Crippen LogP contribution in [0.15, 0.2) is 42.2 Å². The van der Waals surface area contributed by atoms with E-state index >= 15 is 0 Å². The number of benzene rings is 1. The molecule has 3 aliphatic carbocycles. The molecule has 2 heteroatoms. The Kier molecular flexibility index (Phi) is 4.51. The average molecular weight is 352 g/mol. The van der Waals surface area contributed by atoms with Gasteiger partial charge in [0.1, 0.15) is 5.76 Å². The SMILES string of the molecule is CCCc1ccc(C2=C[C@]34CCCC[C@H]3[C@@]2(N(C)C)C=C4OCC)cc1. The number of allylic oxidation sites excluding steroid dienone is 1. The third-order valence-corrected chi connectivity index (χ3v) is 6.97. The normalized spacial score (nSPS) is 32.4. The summed E-state index contributed by atoms with van der Waals surface area (Å²) in [6.45, 7) is 5.12. The Labute approximate surface area is 158 Å². The van der Waals surface area contributed by atoms with Gasteiger partial charge in [0.05, 0.1) is 17.6 Å². The van der Waals surface area contributed by atoms with Crippen molar-refractivity contribution >= 4 is 5.57 Å². The maximum absolute atomic E-state index is 6.20. The molecule has 140 valence electrons. The van der Waals surface area contributed by atoms with Crippen molar-refractivity contribution in [3.05, 3.63) is 53.3 Å². The van der Waals surface area contributed by atoms with Gasteiger partial charge in [-0.05, 0) is 63.1 Å². The zero-order chi connectivity index (χ0) is 18.4. The summed E-state index contributed by atoms with van der Waals surface area (Å²) in [5.74, 6) is 1.86. The molecule has 0 amide bonds. The molecule has 1 saturated carbocycles. The van der Waals surface area contributed by atoms with Crippen molar-refractivity contribution in [1.82, 2.24) is 4.90 Å². The summed E-state index contributed by atoms with van der Waals surface area (Å²) in [6.07, 6.45) is 12.6. The predicted molar refractivity (Wildman–Crippen MR) is 109 cm³/mol. The predicted octanol–water partition coefficient (Wildman–Crippen LogP) is 5.45. The lowest BCUT2D eigenvalue weighted by molar-refractivity contribution is 0.0759. The molecule has 0 aliphatic heterocycles. The van der Waals surface area contributed by atoms with Crippen LogP contribution in [0.3, 0.4) is 0 Å². The molecule has 4 rings (SSSR count). The highest BCUT2D eigenvalue weighted by Gasteiger charge is 2.65. The van der Waals surface area contributed by atoms with Crippen molar-refractivity contribution in [3.63, 3.8) is 0 Å². The van der Waals surface area contributed by atoms with Crippen molar-refractivity contribution in [2.45, 2.75) is 57.9 Å². The highest BCUT2D eigenvalue weighted by Crippen LogP contribution is 2.67. The smallest absolute Gasteiger partial charge is 0.104 e. The fraction of sp³-hybridized carbons (Fsp3) is 0.583. The van der Waals surface area contributed by atoms with Crippen LogP contribution in [0.2, 0.25) is 0 Å². The number of rotatable bonds is 6. The van der Waals surface area contributed by atoms with Crippen molar-refractivity contribution in [2.24, 2.45) is 11.3 Å². The second kappa shape index (κ2) is 6.56. The standard InChI is InChI=1S/C24H33NO/c1-5-9-18-11-13-19(14-12-18)20-16-23-15-8-7-10-21(23)24(20,25(3)4)17-22(23)26-6-2/h11-14,16-17,21H,5-10,15H2,1-4H3/t21-,23-,24-/m1/s1. The van der Waals surface area contributed by atoms with E-state index in [4.69, 9.17) is 4.74 Å². The highest BCUT2D eigenvalue weighted by atomic mass is 16.5. The Hall–Kier alpha value is -1.54. The molecule has 3 atom stereocenters. The van der Waals surface area contributed by atoms with Crippen LogP contribution in [0.25, 0.3) is 5.57 Å². The highest BCUT2D eigenvalue weighted by molar-refractivity contribution is 5.83. The third kappa shape index (κ3) is 2.34. The molecule has 1 aromatic carbocycles. The molecule has 2 nitrogen and oxygen atoms in total. The lowest BCUT2D eigenvalue weighted by atomic mass is 9.67. The van der Waals surface area contributed by atoms with Gasteiger partial charge in [-0.3, -0.25) is 4.90 Å². The maximum Gasteiger partial charge on any atom is 0.104 e. The van der Waals surface area contributed by atoms with Gasteiger partial charge < -0.3 is 4.74 Å².